The molecule has 2 heterocycles. The largest absolute Gasteiger partial charge is 0.365 e. The molecule has 12 heavy (non-hydrogen) atoms. The van der Waals surface area contributed by atoms with Crippen LogP contribution >= 0.6 is 0 Å². The topological polar surface area (TPSA) is 27.8 Å². The van der Waals surface area contributed by atoms with Crippen molar-refractivity contribution in [3.05, 3.63) is 23.5 Å². The van der Waals surface area contributed by atoms with E-state index in [0.29, 0.717) is 12.1 Å². The molecule has 0 saturated heterocycles. The van der Waals surface area contributed by atoms with Gasteiger partial charge in [0.1, 0.15) is 0 Å². The molecule has 0 radical (unpaired) electrons. The standard InChI is InChI=1S/C10H16N2/c1-3-9-8-4-5-11-10(8)6-7(2)12-9/h4-5,7,9,11-12H,3,6H2,1-2H3. The molecule has 0 saturated carbocycles. The van der Waals surface area contributed by atoms with Crippen LogP contribution in [0.25, 0.3) is 0 Å². The van der Waals surface area contributed by atoms with Gasteiger partial charge in [-0.2, -0.15) is 0 Å². The fourth-order valence-electron chi connectivity index (χ4n) is 2.06. The van der Waals surface area contributed by atoms with Crippen molar-refractivity contribution in [3.8, 4) is 0 Å². The van der Waals surface area contributed by atoms with E-state index in [1.54, 1.807) is 0 Å². The zero-order valence-electron chi connectivity index (χ0n) is 7.72. The number of fused-ring (bicyclic) bond motifs is 1. The molecular weight excluding hydrogens is 148 g/mol. The molecule has 0 bridgehead atoms. The van der Waals surface area contributed by atoms with Gasteiger partial charge in [0, 0.05) is 30.4 Å². The molecule has 2 rings (SSSR count). The van der Waals surface area contributed by atoms with Gasteiger partial charge in [-0.1, -0.05) is 6.92 Å². The van der Waals surface area contributed by atoms with E-state index in [1.165, 1.54) is 17.7 Å². The lowest BCUT2D eigenvalue weighted by atomic mass is 9.95. The van der Waals surface area contributed by atoms with Crippen LogP contribution in [0.2, 0.25) is 0 Å². The molecule has 0 aromatic carbocycles. The number of rotatable bonds is 1. The maximum absolute atomic E-state index is 3.59. The first-order valence-corrected chi connectivity index (χ1v) is 4.73. The van der Waals surface area contributed by atoms with Crippen LogP contribution in [0.15, 0.2) is 12.3 Å². The molecule has 2 heteroatoms. The molecule has 2 N–H and O–H groups in total. The third-order valence-electron chi connectivity index (χ3n) is 2.65. The van der Waals surface area contributed by atoms with Crippen LogP contribution in [0.4, 0.5) is 0 Å². The first kappa shape index (κ1) is 7.87. The second kappa shape index (κ2) is 2.94. The van der Waals surface area contributed by atoms with E-state index < -0.39 is 0 Å². The quantitative estimate of drug-likeness (QED) is 0.652. The Morgan fingerprint density at radius 3 is 3.17 bits per heavy atom. The molecule has 1 aromatic heterocycles. The predicted octanol–water partition coefficient (Wildman–Crippen LogP) is 2.00. The third kappa shape index (κ3) is 1.16. The molecule has 0 spiro atoms. The second-order valence-corrected chi connectivity index (χ2v) is 3.64. The van der Waals surface area contributed by atoms with Crippen molar-refractivity contribution in [3.63, 3.8) is 0 Å². The monoisotopic (exact) mass is 164 g/mol. The van der Waals surface area contributed by atoms with Crippen LogP contribution in [0, 0.1) is 0 Å². The Hall–Kier alpha value is -0.760. The number of H-pyrrole nitrogens is 1. The highest BCUT2D eigenvalue weighted by molar-refractivity contribution is 5.27. The van der Waals surface area contributed by atoms with Crippen molar-refractivity contribution in [2.75, 3.05) is 0 Å². The first-order chi connectivity index (χ1) is 5.81. The van der Waals surface area contributed by atoms with Gasteiger partial charge >= 0.3 is 0 Å². The summed E-state index contributed by atoms with van der Waals surface area (Å²) in [5, 5.41) is 3.59. The molecule has 66 valence electrons. The Bertz CT molecular complexity index is 265. The Morgan fingerprint density at radius 1 is 1.58 bits per heavy atom. The minimum atomic E-state index is 0.565. The molecule has 2 unspecified atom stereocenters. The number of hydrogen-bond donors (Lipinski definition) is 2. The van der Waals surface area contributed by atoms with E-state index in [-0.39, 0.29) is 0 Å². The smallest absolute Gasteiger partial charge is 0.0337 e. The summed E-state index contributed by atoms with van der Waals surface area (Å²) in [5.41, 5.74) is 2.89. The molecule has 0 amide bonds. The summed E-state index contributed by atoms with van der Waals surface area (Å²) in [5.74, 6) is 0. The van der Waals surface area contributed by atoms with E-state index in [9.17, 15) is 0 Å². The summed E-state index contributed by atoms with van der Waals surface area (Å²) in [6.07, 6.45) is 4.36. The normalized spacial score (nSPS) is 28.5. The fraction of sp³-hybridized carbons (Fsp3) is 0.600. The molecule has 1 aliphatic heterocycles. The average molecular weight is 164 g/mol. The Balaban J connectivity index is 2.31. The van der Waals surface area contributed by atoms with Gasteiger partial charge < -0.3 is 10.3 Å². The average Bonchev–Trinajstić information content (AvgIpc) is 2.50. The number of nitrogens with one attached hydrogen (secondary N) is 2. The van der Waals surface area contributed by atoms with Crippen LogP contribution in [0.1, 0.15) is 37.6 Å². The zero-order valence-corrected chi connectivity index (χ0v) is 7.72. The Kier molecular flexibility index (Phi) is 1.93. The molecule has 0 fully saturated rings. The minimum absolute atomic E-state index is 0.565. The van der Waals surface area contributed by atoms with E-state index in [0.717, 1.165) is 6.42 Å². The molecule has 2 nitrogen and oxygen atoms in total. The summed E-state index contributed by atoms with van der Waals surface area (Å²) >= 11 is 0. The van der Waals surface area contributed by atoms with Crippen molar-refractivity contribution in [2.45, 2.75) is 38.8 Å². The lowest BCUT2D eigenvalue weighted by molar-refractivity contribution is 0.412. The molecule has 1 aliphatic rings. The molecule has 1 aromatic rings. The highest BCUT2D eigenvalue weighted by atomic mass is 15.0. The van der Waals surface area contributed by atoms with Gasteiger partial charge in [-0.3, -0.25) is 0 Å². The van der Waals surface area contributed by atoms with Gasteiger partial charge in [-0.05, 0) is 25.0 Å². The minimum Gasteiger partial charge on any atom is -0.365 e. The highest BCUT2D eigenvalue weighted by Gasteiger charge is 2.22. The number of aromatic nitrogens is 1. The SMILES string of the molecule is CCC1NC(C)Cc2[nH]ccc21. The van der Waals surface area contributed by atoms with Crippen LogP contribution in [-0.2, 0) is 6.42 Å². The van der Waals surface area contributed by atoms with Gasteiger partial charge in [-0.25, -0.2) is 0 Å². The molecule has 0 aliphatic carbocycles. The number of aromatic amines is 1. The maximum atomic E-state index is 3.59. The van der Waals surface area contributed by atoms with Gasteiger partial charge in [0.15, 0.2) is 0 Å². The van der Waals surface area contributed by atoms with Gasteiger partial charge in [0.2, 0.25) is 0 Å². The summed E-state index contributed by atoms with van der Waals surface area (Å²) in [6, 6.07) is 3.37. The lowest BCUT2D eigenvalue weighted by Crippen LogP contribution is -2.36. The van der Waals surface area contributed by atoms with Crippen molar-refractivity contribution in [2.24, 2.45) is 0 Å². The second-order valence-electron chi connectivity index (χ2n) is 3.64. The van der Waals surface area contributed by atoms with Gasteiger partial charge in [0.05, 0.1) is 0 Å². The van der Waals surface area contributed by atoms with Crippen molar-refractivity contribution in [1.29, 1.82) is 0 Å². The third-order valence-corrected chi connectivity index (χ3v) is 2.65. The maximum Gasteiger partial charge on any atom is 0.0337 e. The zero-order chi connectivity index (χ0) is 8.55. The van der Waals surface area contributed by atoms with Crippen LogP contribution < -0.4 is 5.32 Å². The predicted molar refractivity (Wildman–Crippen MR) is 50.1 cm³/mol. The van der Waals surface area contributed by atoms with Crippen molar-refractivity contribution < 1.29 is 0 Å². The molecule has 2 atom stereocenters. The molecular formula is C10H16N2. The van der Waals surface area contributed by atoms with E-state index in [1.807, 2.05) is 6.20 Å². The van der Waals surface area contributed by atoms with E-state index >= 15 is 0 Å². The van der Waals surface area contributed by atoms with Crippen LogP contribution in [-0.4, -0.2) is 11.0 Å². The fourth-order valence-corrected chi connectivity index (χ4v) is 2.06. The lowest BCUT2D eigenvalue weighted by Gasteiger charge is -2.28. The van der Waals surface area contributed by atoms with Gasteiger partial charge in [0.25, 0.3) is 0 Å². The summed E-state index contributed by atoms with van der Waals surface area (Å²) in [7, 11) is 0. The van der Waals surface area contributed by atoms with Crippen molar-refractivity contribution in [1.82, 2.24) is 10.3 Å². The van der Waals surface area contributed by atoms with Crippen LogP contribution in [0.5, 0.6) is 0 Å². The van der Waals surface area contributed by atoms with Crippen LogP contribution in [0.3, 0.4) is 0 Å². The summed E-state index contributed by atoms with van der Waals surface area (Å²) in [6.45, 7) is 4.47. The first-order valence-electron chi connectivity index (χ1n) is 4.73. The Morgan fingerprint density at radius 2 is 2.42 bits per heavy atom. The van der Waals surface area contributed by atoms with Gasteiger partial charge in [-0.15, -0.1) is 0 Å². The van der Waals surface area contributed by atoms with E-state index in [4.69, 9.17) is 0 Å². The highest BCUT2D eigenvalue weighted by Crippen LogP contribution is 2.26. The van der Waals surface area contributed by atoms with Crippen molar-refractivity contribution >= 4 is 0 Å². The van der Waals surface area contributed by atoms with E-state index in [2.05, 4.69) is 30.2 Å². The summed E-state index contributed by atoms with van der Waals surface area (Å²) in [4.78, 5) is 3.31. The summed E-state index contributed by atoms with van der Waals surface area (Å²) < 4.78 is 0. The number of hydrogen-bond acceptors (Lipinski definition) is 1. The Labute approximate surface area is 73.4 Å².